The third-order valence-corrected chi connectivity index (χ3v) is 5.14. The number of imidazole rings is 1. The average Bonchev–Trinajstić information content (AvgIpc) is 3.21. The summed E-state index contributed by atoms with van der Waals surface area (Å²) in [7, 11) is 0. The molecule has 25 heavy (non-hydrogen) atoms. The van der Waals surface area contributed by atoms with Crippen molar-refractivity contribution >= 4 is 22.6 Å². The Morgan fingerprint density at radius 2 is 2.20 bits per heavy atom. The first-order valence-corrected chi connectivity index (χ1v) is 9.00. The van der Waals surface area contributed by atoms with Gasteiger partial charge in [0.25, 0.3) is 0 Å². The van der Waals surface area contributed by atoms with Gasteiger partial charge in [0.15, 0.2) is 0 Å². The van der Waals surface area contributed by atoms with Crippen LogP contribution in [-0.2, 0) is 13.1 Å². The van der Waals surface area contributed by atoms with Gasteiger partial charge in [-0.15, -0.1) is 0 Å². The van der Waals surface area contributed by atoms with Crippen molar-refractivity contribution in [1.29, 1.82) is 0 Å². The Morgan fingerprint density at radius 3 is 3.00 bits per heavy atom. The summed E-state index contributed by atoms with van der Waals surface area (Å²) in [5.41, 5.74) is 3.22. The van der Waals surface area contributed by atoms with Crippen LogP contribution in [-0.4, -0.2) is 44.2 Å². The van der Waals surface area contributed by atoms with E-state index in [1.807, 2.05) is 36.7 Å². The second-order valence-corrected chi connectivity index (χ2v) is 6.98. The predicted octanol–water partition coefficient (Wildman–Crippen LogP) is 3.07. The number of nitrogens with zero attached hydrogens (tertiary/aromatic N) is 4. The van der Waals surface area contributed by atoms with Crippen LogP contribution in [0.4, 0.5) is 0 Å². The first-order valence-electron chi connectivity index (χ1n) is 8.62. The number of pyridine rings is 1. The summed E-state index contributed by atoms with van der Waals surface area (Å²) in [5, 5.41) is 10.1. The fourth-order valence-electron chi connectivity index (χ4n) is 3.69. The van der Waals surface area contributed by atoms with Gasteiger partial charge in [0.1, 0.15) is 5.82 Å². The second-order valence-electron chi connectivity index (χ2n) is 6.54. The molecule has 0 bridgehead atoms. The summed E-state index contributed by atoms with van der Waals surface area (Å²) in [6.45, 7) is 3.48. The summed E-state index contributed by atoms with van der Waals surface area (Å²) in [6.07, 6.45) is 4.92. The zero-order chi connectivity index (χ0) is 17.2. The van der Waals surface area contributed by atoms with Crippen LogP contribution in [0.5, 0.6) is 0 Å². The van der Waals surface area contributed by atoms with Crippen LogP contribution in [0.25, 0.3) is 11.0 Å². The summed E-state index contributed by atoms with van der Waals surface area (Å²) in [5.74, 6) is 1.51. The van der Waals surface area contributed by atoms with E-state index in [2.05, 4.69) is 20.5 Å². The number of benzene rings is 1. The molecule has 1 aliphatic heterocycles. The van der Waals surface area contributed by atoms with E-state index in [0.29, 0.717) is 17.5 Å². The molecule has 2 aromatic heterocycles. The number of aliphatic hydroxyl groups is 1. The van der Waals surface area contributed by atoms with Crippen molar-refractivity contribution < 1.29 is 5.11 Å². The van der Waals surface area contributed by atoms with E-state index in [1.54, 1.807) is 0 Å². The van der Waals surface area contributed by atoms with Crippen LogP contribution in [0.3, 0.4) is 0 Å². The molecule has 1 N–H and O–H groups in total. The molecule has 0 spiro atoms. The Kier molecular flexibility index (Phi) is 4.70. The van der Waals surface area contributed by atoms with Crippen molar-refractivity contribution in [1.82, 2.24) is 19.4 Å². The average molecular weight is 357 g/mol. The van der Waals surface area contributed by atoms with Crippen molar-refractivity contribution in [2.24, 2.45) is 0 Å². The van der Waals surface area contributed by atoms with E-state index >= 15 is 0 Å². The maximum absolute atomic E-state index is 9.43. The van der Waals surface area contributed by atoms with E-state index in [4.69, 9.17) is 16.6 Å². The van der Waals surface area contributed by atoms with E-state index in [9.17, 15) is 5.11 Å². The minimum atomic E-state index is 0.0966. The largest absolute Gasteiger partial charge is 0.395 e. The fourth-order valence-corrected chi connectivity index (χ4v) is 3.86. The summed E-state index contributed by atoms with van der Waals surface area (Å²) >= 11 is 6.10. The van der Waals surface area contributed by atoms with E-state index in [-0.39, 0.29) is 6.61 Å². The molecule has 6 heteroatoms. The Bertz CT molecular complexity index is 864. The highest BCUT2D eigenvalue weighted by atomic mass is 35.5. The zero-order valence-corrected chi connectivity index (χ0v) is 14.7. The van der Waals surface area contributed by atoms with E-state index in [0.717, 1.165) is 42.9 Å². The maximum Gasteiger partial charge on any atom is 0.124 e. The van der Waals surface area contributed by atoms with Crippen molar-refractivity contribution in [2.45, 2.75) is 25.4 Å². The molecule has 1 aromatic carbocycles. The molecule has 0 amide bonds. The highest BCUT2D eigenvalue weighted by molar-refractivity contribution is 6.31. The number of likely N-dealkylation sites (tertiary alicyclic amines) is 1. The van der Waals surface area contributed by atoms with Crippen molar-refractivity contribution in [3.63, 3.8) is 0 Å². The monoisotopic (exact) mass is 356 g/mol. The molecule has 5 nitrogen and oxygen atoms in total. The fraction of sp³-hybridized carbons (Fsp3) is 0.368. The lowest BCUT2D eigenvalue weighted by Crippen LogP contribution is -2.22. The minimum Gasteiger partial charge on any atom is -0.395 e. The van der Waals surface area contributed by atoms with Crippen LogP contribution in [0.15, 0.2) is 42.7 Å². The van der Waals surface area contributed by atoms with Crippen molar-refractivity contribution in [2.75, 3.05) is 19.7 Å². The summed E-state index contributed by atoms with van der Waals surface area (Å²) in [4.78, 5) is 11.4. The maximum atomic E-state index is 9.43. The van der Waals surface area contributed by atoms with Crippen molar-refractivity contribution in [3.05, 3.63) is 59.1 Å². The van der Waals surface area contributed by atoms with Gasteiger partial charge in [0, 0.05) is 30.5 Å². The van der Waals surface area contributed by atoms with Crippen LogP contribution in [0.2, 0.25) is 5.02 Å². The first kappa shape index (κ1) is 16.5. The molecule has 1 saturated heterocycles. The third-order valence-electron chi connectivity index (χ3n) is 4.91. The molecule has 0 aliphatic carbocycles. The minimum absolute atomic E-state index is 0.0966. The van der Waals surface area contributed by atoms with Gasteiger partial charge < -0.3 is 9.67 Å². The molecular formula is C19H21ClN4O. The summed E-state index contributed by atoms with van der Waals surface area (Å²) in [6, 6.07) is 9.90. The van der Waals surface area contributed by atoms with Crippen LogP contribution in [0.1, 0.15) is 23.7 Å². The van der Waals surface area contributed by atoms with E-state index in [1.165, 1.54) is 5.56 Å². The normalized spacial score (nSPS) is 18.2. The predicted molar refractivity (Wildman–Crippen MR) is 98.7 cm³/mol. The second kappa shape index (κ2) is 7.12. The Balaban J connectivity index is 1.55. The Hall–Kier alpha value is -1.95. The molecule has 3 heterocycles. The van der Waals surface area contributed by atoms with Crippen LogP contribution < -0.4 is 0 Å². The number of hydrogen-bond donors (Lipinski definition) is 1. The van der Waals surface area contributed by atoms with Gasteiger partial charge in [-0.1, -0.05) is 17.7 Å². The summed E-state index contributed by atoms with van der Waals surface area (Å²) < 4.78 is 2.10. The van der Waals surface area contributed by atoms with Crippen molar-refractivity contribution in [3.8, 4) is 0 Å². The molecule has 1 fully saturated rings. The van der Waals surface area contributed by atoms with Gasteiger partial charge in [0.2, 0.25) is 0 Å². The van der Waals surface area contributed by atoms with Gasteiger partial charge in [-0.3, -0.25) is 9.88 Å². The van der Waals surface area contributed by atoms with Gasteiger partial charge in [-0.2, -0.15) is 0 Å². The van der Waals surface area contributed by atoms with Gasteiger partial charge in [-0.05, 0) is 48.7 Å². The van der Waals surface area contributed by atoms with Crippen LogP contribution in [0, 0.1) is 0 Å². The molecule has 4 rings (SSSR count). The number of rotatable bonds is 5. The number of fused-ring (bicyclic) bond motifs is 1. The lowest BCUT2D eigenvalue weighted by molar-refractivity contribution is 0.267. The molecule has 1 atom stereocenters. The van der Waals surface area contributed by atoms with Gasteiger partial charge in [0.05, 0.1) is 24.2 Å². The van der Waals surface area contributed by atoms with Crippen LogP contribution >= 0.6 is 11.6 Å². The Morgan fingerprint density at radius 1 is 1.28 bits per heavy atom. The molecule has 130 valence electrons. The number of aliphatic hydroxyl groups excluding tert-OH is 1. The van der Waals surface area contributed by atoms with E-state index < -0.39 is 0 Å². The smallest absolute Gasteiger partial charge is 0.124 e. The number of aromatic nitrogens is 3. The number of hydrogen-bond acceptors (Lipinski definition) is 4. The highest BCUT2D eigenvalue weighted by Gasteiger charge is 2.25. The van der Waals surface area contributed by atoms with Gasteiger partial charge >= 0.3 is 0 Å². The lowest BCUT2D eigenvalue weighted by atomic mass is 10.0. The molecule has 3 aromatic rings. The zero-order valence-electron chi connectivity index (χ0n) is 14.0. The molecule has 0 radical (unpaired) electrons. The highest BCUT2D eigenvalue weighted by Crippen LogP contribution is 2.28. The van der Waals surface area contributed by atoms with Gasteiger partial charge in [-0.25, -0.2) is 4.98 Å². The lowest BCUT2D eigenvalue weighted by Gasteiger charge is -2.17. The third kappa shape index (κ3) is 3.40. The molecular weight excluding hydrogens is 336 g/mol. The topological polar surface area (TPSA) is 54.2 Å². The number of halogens is 1. The quantitative estimate of drug-likeness (QED) is 0.763. The molecule has 0 saturated carbocycles. The Labute approximate surface area is 151 Å². The molecule has 1 unspecified atom stereocenters. The SMILES string of the molecule is OCCn1c(CN2CCC(c3cccnc3)C2)nc2cc(Cl)ccc21. The standard InChI is InChI=1S/C19H21ClN4O/c20-16-3-4-18-17(10-16)22-19(24(18)8-9-25)13-23-7-5-15(12-23)14-2-1-6-21-11-14/h1-4,6,10-11,15,25H,5,7-9,12-13H2. The molecule has 1 aliphatic rings. The first-order chi connectivity index (χ1) is 12.2.